The fourth-order valence-corrected chi connectivity index (χ4v) is 6.31. The largest absolute Gasteiger partial charge is 0.477 e. The molecular weight excluding hydrogens is 560 g/mol. The molecule has 0 radical (unpaired) electrons. The molecule has 20 heteroatoms. The molecule has 2 aliphatic heterocycles. The number of rotatable bonds is 13. The quantitative estimate of drug-likeness (QED) is 0.0543. The normalized spacial score (nSPS) is 19.3. The zero-order chi connectivity index (χ0) is 27.2. The molecule has 1 saturated heterocycles. The van der Waals surface area contributed by atoms with E-state index in [1.807, 2.05) is 0 Å². The summed E-state index contributed by atoms with van der Waals surface area (Å²) < 4.78 is 5.51. The van der Waals surface area contributed by atoms with Crippen molar-refractivity contribution in [3.8, 4) is 0 Å². The minimum Gasteiger partial charge on any atom is -0.477 e. The van der Waals surface area contributed by atoms with E-state index in [0.717, 1.165) is 11.5 Å². The van der Waals surface area contributed by atoms with Crippen LogP contribution in [0.3, 0.4) is 0 Å². The van der Waals surface area contributed by atoms with E-state index in [0.29, 0.717) is 42.5 Å². The summed E-state index contributed by atoms with van der Waals surface area (Å²) in [6.07, 6.45) is 0.507. The van der Waals surface area contributed by atoms with Crippen LogP contribution in [0.1, 0.15) is 12.2 Å². The van der Waals surface area contributed by atoms with E-state index < -0.39 is 29.2 Å². The van der Waals surface area contributed by atoms with Crippen LogP contribution in [-0.4, -0.2) is 106 Å². The van der Waals surface area contributed by atoms with Crippen molar-refractivity contribution in [2.75, 3.05) is 36.9 Å². The zero-order valence-electron chi connectivity index (χ0n) is 19.7. The first kappa shape index (κ1) is 27.7. The number of thioether (sulfide) groups is 2. The average Bonchev–Trinajstić information content (AvgIpc) is 3.53. The summed E-state index contributed by atoms with van der Waals surface area (Å²) in [7, 11) is 0. The Morgan fingerprint density at radius 3 is 2.82 bits per heavy atom. The first-order valence-corrected chi connectivity index (χ1v) is 14.0. The van der Waals surface area contributed by atoms with Crippen LogP contribution < -0.4 is 22.5 Å². The molecule has 0 aromatic carbocycles. The van der Waals surface area contributed by atoms with Crippen LogP contribution in [0.2, 0.25) is 0 Å². The monoisotopic (exact) mass is 584 g/mol. The lowest BCUT2D eigenvalue weighted by atomic mass is 10.0. The van der Waals surface area contributed by atoms with Gasteiger partial charge in [-0.15, -0.1) is 16.9 Å². The number of oxime groups is 1. The molecule has 17 nitrogen and oxygen atoms in total. The number of amides is 2. The fourth-order valence-electron chi connectivity index (χ4n) is 3.49. The minimum atomic E-state index is -1.25. The molecule has 0 spiro atoms. The van der Waals surface area contributed by atoms with Crippen LogP contribution in [-0.2, 0) is 25.8 Å². The van der Waals surface area contributed by atoms with E-state index >= 15 is 0 Å². The Labute approximate surface area is 227 Å². The highest BCUT2D eigenvalue weighted by molar-refractivity contribution is 8.01. The maximum absolute atomic E-state index is 13.0. The van der Waals surface area contributed by atoms with Crippen LogP contribution >= 0.6 is 35.1 Å². The molecular formula is C18H24N12O5S3. The van der Waals surface area contributed by atoms with E-state index in [2.05, 4.69) is 35.4 Å². The van der Waals surface area contributed by atoms with Crippen molar-refractivity contribution in [2.24, 2.45) is 16.6 Å². The first-order chi connectivity index (χ1) is 18.3. The number of nitrogens with zero attached hydrogens (tertiary/aromatic N) is 8. The van der Waals surface area contributed by atoms with Crippen molar-refractivity contribution in [3.05, 3.63) is 17.1 Å². The number of anilines is 1. The number of carboxylic acid groups (broad SMARTS) is 1. The first-order valence-electron chi connectivity index (χ1n) is 11.1. The minimum absolute atomic E-state index is 0.0555. The molecule has 2 aliphatic rings. The van der Waals surface area contributed by atoms with E-state index in [1.165, 1.54) is 33.1 Å². The summed E-state index contributed by atoms with van der Waals surface area (Å²) in [4.78, 5) is 48.5. The van der Waals surface area contributed by atoms with Gasteiger partial charge in [0.15, 0.2) is 5.13 Å². The fraction of sp³-hybridized carbons (Fsp3) is 0.500. The summed E-state index contributed by atoms with van der Waals surface area (Å²) in [6, 6.07) is -0.988. The number of carbonyl (C=O) groups excluding carboxylic acids is 2. The van der Waals surface area contributed by atoms with Gasteiger partial charge in [-0.2, -0.15) is 9.36 Å². The number of carbonyl (C=O) groups is 3. The Kier molecular flexibility index (Phi) is 9.09. The van der Waals surface area contributed by atoms with Crippen LogP contribution in [0.4, 0.5) is 5.13 Å². The predicted molar refractivity (Wildman–Crippen MR) is 138 cm³/mol. The van der Waals surface area contributed by atoms with E-state index in [4.69, 9.17) is 22.0 Å². The van der Waals surface area contributed by atoms with Crippen molar-refractivity contribution < 1.29 is 24.3 Å². The van der Waals surface area contributed by atoms with E-state index in [-0.39, 0.29) is 34.7 Å². The summed E-state index contributed by atoms with van der Waals surface area (Å²) in [6.45, 7) is 1.28. The molecule has 0 aliphatic carbocycles. The molecule has 0 saturated carbocycles. The lowest BCUT2D eigenvalue weighted by Gasteiger charge is -2.49. The predicted octanol–water partition coefficient (Wildman–Crippen LogP) is -2.33. The summed E-state index contributed by atoms with van der Waals surface area (Å²) in [5.74, 6) is -2.06. The number of nitrogen functional groups attached to an aromatic ring is 1. The van der Waals surface area contributed by atoms with Gasteiger partial charge in [0.05, 0.1) is 6.54 Å². The van der Waals surface area contributed by atoms with Gasteiger partial charge in [0.1, 0.15) is 23.7 Å². The van der Waals surface area contributed by atoms with Crippen molar-refractivity contribution in [3.63, 3.8) is 0 Å². The second-order valence-electron chi connectivity index (χ2n) is 7.75. The number of fused-ring (bicyclic) bond motifs is 1. The molecule has 2 aromatic rings. The van der Waals surface area contributed by atoms with Crippen molar-refractivity contribution in [1.82, 2.24) is 39.8 Å². The topological polar surface area (TPSA) is 256 Å². The van der Waals surface area contributed by atoms with Gasteiger partial charge in [0, 0.05) is 29.6 Å². The van der Waals surface area contributed by atoms with Crippen LogP contribution in [0, 0.1) is 0 Å². The average molecular weight is 585 g/mol. The molecule has 2 atom stereocenters. The van der Waals surface area contributed by atoms with Gasteiger partial charge in [-0.25, -0.2) is 9.48 Å². The number of β-lactam (4-membered cyclic amide) rings is 1. The molecule has 8 N–H and O–H groups in total. The zero-order valence-corrected chi connectivity index (χ0v) is 22.2. The molecule has 4 heterocycles. The Morgan fingerprint density at radius 2 is 2.13 bits per heavy atom. The van der Waals surface area contributed by atoms with Gasteiger partial charge in [-0.3, -0.25) is 14.5 Å². The van der Waals surface area contributed by atoms with Crippen LogP contribution in [0.25, 0.3) is 0 Å². The Balaban J connectivity index is 1.47. The molecule has 1 unspecified atom stereocenters. The van der Waals surface area contributed by atoms with E-state index in [9.17, 15) is 19.5 Å². The molecule has 2 amide bonds. The number of nitrogens with one attached hydrogen (secondary N) is 1. The van der Waals surface area contributed by atoms with Crippen molar-refractivity contribution in [2.45, 2.75) is 29.5 Å². The molecule has 1 fully saturated rings. The summed E-state index contributed by atoms with van der Waals surface area (Å²) in [5.41, 5.74) is 16.8. The maximum atomic E-state index is 13.0. The number of hydrogen-bond donors (Lipinski definition) is 5. The van der Waals surface area contributed by atoms with Gasteiger partial charge in [0.2, 0.25) is 16.7 Å². The Morgan fingerprint density at radius 1 is 1.32 bits per heavy atom. The molecule has 4 rings (SSSR count). The lowest BCUT2D eigenvalue weighted by Crippen LogP contribution is -2.71. The molecule has 38 heavy (non-hydrogen) atoms. The second kappa shape index (κ2) is 12.5. The Bertz CT molecular complexity index is 1260. The third-order valence-corrected chi connectivity index (χ3v) is 8.14. The SMILES string of the molecule is NCCCON=C(C(=O)NC1C(=O)N2C(C(=O)O)=C(CSc3nnnn3CCN)CS[C@@H]12)c1nsc(N)n1. The number of carboxylic acids is 1. The van der Waals surface area contributed by atoms with Crippen LogP contribution in [0.15, 0.2) is 21.6 Å². The van der Waals surface area contributed by atoms with Gasteiger partial charge in [0.25, 0.3) is 11.8 Å². The number of aliphatic carboxylic acids is 1. The third-order valence-electron chi connectivity index (χ3n) is 5.22. The van der Waals surface area contributed by atoms with Gasteiger partial charge < -0.3 is 32.5 Å². The smallest absolute Gasteiger partial charge is 0.352 e. The van der Waals surface area contributed by atoms with Crippen molar-refractivity contribution >= 4 is 63.7 Å². The highest BCUT2D eigenvalue weighted by atomic mass is 32.2. The van der Waals surface area contributed by atoms with Crippen LogP contribution in [0.5, 0.6) is 0 Å². The Hall–Kier alpha value is -3.33. The number of nitrogens with two attached hydrogens (primary N) is 3. The van der Waals surface area contributed by atoms with Gasteiger partial charge >= 0.3 is 5.97 Å². The van der Waals surface area contributed by atoms with Gasteiger partial charge in [-0.05, 0) is 29.0 Å². The maximum Gasteiger partial charge on any atom is 0.352 e. The highest BCUT2D eigenvalue weighted by Gasteiger charge is 2.54. The number of hydrogen-bond acceptors (Lipinski definition) is 16. The molecule has 204 valence electrons. The highest BCUT2D eigenvalue weighted by Crippen LogP contribution is 2.41. The third kappa shape index (κ3) is 5.88. The summed E-state index contributed by atoms with van der Waals surface area (Å²) in [5, 5.41) is 27.7. The van der Waals surface area contributed by atoms with E-state index in [1.54, 1.807) is 0 Å². The van der Waals surface area contributed by atoms with Crippen molar-refractivity contribution in [1.29, 1.82) is 0 Å². The summed E-state index contributed by atoms with van der Waals surface area (Å²) >= 11 is 3.44. The number of tetrazole rings is 1. The standard InChI is InChI=1S/C18H24N12O5S3/c19-2-1-5-35-25-9(12-23-17(21)38-26-12)13(31)22-10-14(32)30-11(16(33)34)8(6-36-15(10)30)7-37-18-24-27-28-29(18)4-3-20/h10,15H,1-7,19-20H2,(H,22,31)(H,33,34)(H2,21,23,26)/t10?,15-/m0/s1. The molecule has 2 aromatic heterocycles. The number of aromatic nitrogens is 6. The van der Waals surface area contributed by atoms with Gasteiger partial charge in [-0.1, -0.05) is 16.9 Å². The lowest BCUT2D eigenvalue weighted by molar-refractivity contribution is -0.150. The second-order valence-corrected chi connectivity index (χ2v) is 10.6. The molecule has 0 bridgehead atoms.